The Balaban J connectivity index is 2.07. The lowest BCUT2D eigenvalue weighted by molar-refractivity contribution is 0.0872. The van der Waals surface area contributed by atoms with Crippen molar-refractivity contribution in [3.8, 4) is 6.07 Å². The smallest absolute Gasteiger partial charge is 0.251 e. The molecule has 0 aromatic heterocycles. The van der Waals surface area contributed by atoms with Crippen LogP contribution in [0.1, 0.15) is 48.5 Å². The highest BCUT2D eigenvalue weighted by molar-refractivity contribution is 6.19. The lowest BCUT2D eigenvalue weighted by atomic mass is 9.78. The molecule has 0 aliphatic heterocycles. The second kappa shape index (κ2) is 6.28. The van der Waals surface area contributed by atoms with Gasteiger partial charge in [0.2, 0.25) is 0 Å². The Bertz CT molecular complexity index is 510. The van der Waals surface area contributed by atoms with E-state index in [1.165, 1.54) is 0 Å². The summed E-state index contributed by atoms with van der Waals surface area (Å²) >= 11 is 6.11. The summed E-state index contributed by atoms with van der Waals surface area (Å²) in [4.78, 5) is 12.3. The van der Waals surface area contributed by atoms with Crippen molar-refractivity contribution in [3.63, 3.8) is 0 Å². The number of benzene rings is 1. The second-order valence-corrected chi connectivity index (χ2v) is 6.01. The number of nitriles is 1. The van der Waals surface area contributed by atoms with Gasteiger partial charge in [0, 0.05) is 11.4 Å². The molecule has 1 N–H and O–H groups in total. The highest BCUT2D eigenvalue weighted by Gasteiger charge is 2.34. The summed E-state index contributed by atoms with van der Waals surface area (Å²) in [5.74, 6) is 1.05. The van der Waals surface area contributed by atoms with E-state index in [1.807, 2.05) is 6.07 Å². The van der Waals surface area contributed by atoms with E-state index in [-0.39, 0.29) is 11.4 Å². The molecule has 2 rings (SSSR count). The van der Waals surface area contributed by atoms with E-state index in [9.17, 15) is 4.79 Å². The van der Waals surface area contributed by atoms with Gasteiger partial charge in [-0.3, -0.25) is 4.79 Å². The predicted molar refractivity (Wildman–Crippen MR) is 79.7 cm³/mol. The van der Waals surface area contributed by atoms with Gasteiger partial charge in [0.1, 0.15) is 0 Å². The van der Waals surface area contributed by atoms with E-state index in [4.69, 9.17) is 16.9 Å². The molecule has 0 unspecified atom stereocenters. The molecule has 106 valence electrons. The molecule has 0 atom stereocenters. The minimum absolute atomic E-state index is 0.107. The second-order valence-electron chi connectivity index (χ2n) is 5.74. The van der Waals surface area contributed by atoms with Gasteiger partial charge in [0.15, 0.2) is 0 Å². The quantitative estimate of drug-likeness (QED) is 0.867. The van der Waals surface area contributed by atoms with Crippen LogP contribution in [0.5, 0.6) is 0 Å². The lowest BCUT2D eigenvalue weighted by Crippen LogP contribution is -2.52. The molecule has 20 heavy (non-hydrogen) atoms. The number of alkyl halides is 1. The number of carbonyl (C=O) groups is 1. The van der Waals surface area contributed by atoms with Crippen molar-refractivity contribution in [1.82, 2.24) is 5.32 Å². The fourth-order valence-corrected chi connectivity index (χ4v) is 2.95. The summed E-state index contributed by atoms with van der Waals surface area (Å²) in [5.41, 5.74) is 0.853. The fourth-order valence-electron chi connectivity index (χ4n) is 2.62. The summed E-state index contributed by atoms with van der Waals surface area (Å²) in [5, 5.41) is 11.9. The fraction of sp³-hybridized carbons (Fsp3) is 0.500. The van der Waals surface area contributed by atoms with Crippen molar-refractivity contribution in [3.05, 3.63) is 35.4 Å². The molecule has 0 heterocycles. The molecule has 1 aromatic rings. The molecule has 1 fully saturated rings. The first kappa shape index (κ1) is 14.9. The Morgan fingerprint density at radius 2 is 2.00 bits per heavy atom. The maximum absolute atomic E-state index is 12.3. The van der Waals surface area contributed by atoms with Gasteiger partial charge in [-0.15, -0.1) is 11.6 Å². The molecule has 1 aliphatic carbocycles. The normalized spacial score (nSPS) is 25.8. The highest BCUT2D eigenvalue weighted by atomic mass is 35.5. The number of hydrogen-bond acceptors (Lipinski definition) is 2. The van der Waals surface area contributed by atoms with E-state index in [2.05, 4.69) is 12.2 Å². The van der Waals surface area contributed by atoms with Crippen molar-refractivity contribution in [1.29, 1.82) is 5.26 Å². The van der Waals surface area contributed by atoms with Gasteiger partial charge in [0.05, 0.1) is 17.2 Å². The Hall–Kier alpha value is -1.53. The molecular formula is C16H19ClN2O. The van der Waals surface area contributed by atoms with E-state index in [0.717, 1.165) is 25.7 Å². The number of halogens is 1. The summed E-state index contributed by atoms with van der Waals surface area (Å²) < 4.78 is 0. The molecular weight excluding hydrogens is 272 g/mol. The zero-order valence-corrected chi connectivity index (χ0v) is 12.4. The molecule has 3 nitrogen and oxygen atoms in total. The first-order chi connectivity index (χ1) is 9.58. The number of hydrogen-bond donors (Lipinski definition) is 1. The zero-order valence-electron chi connectivity index (χ0n) is 11.7. The van der Waals surface area contributed by atoms with E-state index in [0.29, 0.717) is 22.9 Å². The van der Waals surface area contributed by atoms with Gasteiger partial charge in [0.25, 0.3) is 5.91 Å². The zero-order chi connectivity index (χ0) is 14.6. The van der Waals surface area contributed by atoms with Crippen molar-refractivity contribution < 1.29 is 4.79 Å². The number of rotatable bonds is 3. The Morgan fingerprint density at radius 1 is 1.40 bits per heavy atom. The molecule has 1 saturated carbocycles. The third kappa shape index (κ3) is 3.32. The van der Waals surface area contributed by atoms with Gasteiger partial charge in [-0.2, -0.15) is 5.26 Å². The maximum Gasteiger partial charge on any atom is 0.251 e. The molecule has 0 radical (unpaired) electrons. The monoisotopic (exact) mass is 290 g/mol. The van der Waals surface area contributed by atoms with E-state index in [1.54, 1.807) is 24.3 Å². The average molecular weight is 291 g/mol. The molecule has 4 heteroatoms. The van der Waals surface area contributed by atoms with Gasteiger partial charge in [-0.05, 0) is 55.9 Å². The predicted octanol–water partition coefficient (Wildman–Crippen LogP) is 3.48. The largest absolute Gasteiger partial charge is 0.345 e. The first-order valence-electron chi connectivity index (χ1n) is 6.97. The molecule has 0 spiro atoms. The van der Waals surface area contributed by atoms with Gasteiger partial charge in [-0.1, -0.05) is 6.92 Å². The van der Waals surface area contributed by atoms with Crippen LogP contribution in [0.15, 0.2) is 24.3 Å². The Labute approximate surface area is 124 Å². The van der Waals surface area contributed by atoms with Gasteiger partial charge in [-0.25, -0.2) is 0 Å². The number of carbonyl (C=O) groups excluding carboxylic acids is 1. The molecule has 0 saturated heterocycles. The number of nitrogens with one attached hydrogen (secondary N) is 1. The van der Waals surface area contributed by atoms with E-state index >= 15 is 0 Å². The van der Waals surface area contributed by atoms with Crippen LogP contribution in [-0.4, -0.2) is 17.3 Å². The van der Waals surface area contributed by atoms with Crippen molar-refractivity contribution in [2.45, 2.75) is 38.1 Å². The van der Waals surface area contributed by atoms with Gasteiger partial charge >= 0.3 is 0 Å². The Morgan fingerprint density at radius 3 is 2.50 bits per heavy atom. The third-order valence-electron chi connectivity index (χ3n) is 4.14. The maximum atomic E-state index is 12.3. The minimum Gasteiger partial charge on any atom is -0.345 e. The average Bonchev–Trinajstić information content (AvgIpc) is 2.50. The van der Waals surface area contributed by atoms with Crippen LogP contribution >= 0.6 is 11.6 Å². The SMILES string of the molecule is CC1CCC(CCl)(NC(=O)c2ccc(C#N)cc2)CC1. The summed E-state index contributed by atoms with van der Waals surface area (Å²) in [7, 11) is 0. The minimum atomic E-state index is -0.279. The summed E-state index contributed by atoms with van der Waals surface area (Å²) in [6.45, 7) is 2.24. The van der Waals surface area contributed by atoms with Crippen LogP contribution in [-0.2, 0) is 0 Å². The molecule has 0 bridgehead atoms. The van der Waals surface area contributed by atoms with Crippen LogP contribution in [0.4, 0.5) is 0 Å². The molecule has 1 aromatic carbocycles. The first-order valence-corrected chi connectivity index (χ1v) is 7.51. The van der Waals surface area contributed by atoms with Crippen LogP contribution in [0.25, 0.3) is 0 Å². The van der Waals surface area contributed by atoms with Crippen molar-refractivity contribution in [2.24, 2.45) is 5.92 Å². The van der Waals surface area contributed by atoms with Crippen molar-refractivity contribution in [2.75, 3.05) is 5.88 Å². The lowest BCUT2D eigenvalue weighted by Gasteiger charge is -2.38. The third-order valence-corrected chi connectivity index (χ3v) is 4.65. The molecule has 1 amide bonds. The van der Waals surface area contributed by atoms with E-state index < -0.39 is 0 Å². The van der Waals surface area contributed by atoms with Crippen LogP contribution in [0.3, 0.4) is 0 Å². The Kier molecular flexibility index (Phi) is 4.67. The standard InChI is InChI=1S/C16H19ClN2O/c1-12-6-8-16(11-17,9-7-12)19-15(20)14-4-2-13(10-18)3-5-14/h2-5,12H,6-9,11H2,1H3,(H,19,20). The number of nitrogens with zero attached hydrogens (tertiary/aromatic N) is 1. The highest BCUT2D eigenvalue weighted by Crippen LogP contribution is 2.33. The summed E-state index contributed by atoms with van der Waals surface area (Å²) in [6.07, 6.45) is 4.06. The number of amides is 1. The van der Waals surface area contributed by atoms with Gasteiger partial charge < -0.3 is 5.32 Å². The molecule has 1 aliphatic rings. The topological polar surface area (TPSA) is 52.9 Å². The van der Waals surface area contributed by atoms with Crippen LogP contribution in [0, 0.1) is 17.2 Å². The van der Waals surface area contributed by atoms with Crippen LogP contribution in [0.2, 0.25) is 0 Å². The van der Waals surface area contributed by atoms with Crippen molar-refractivity contribution >= 4 is 17.5 Å². The van der Waals surface area contributed by atoms with Crippen LogP contribution < -0.4 is 5.32 Å². The summed E-state index contributed by atoms with van der Waals surface area (Å²) in [6, 6.07) is 8.72.